The van der Waals surface area contributed by atoms with Crippen LogP contribution in [0.15, 0.2) is 46.2 Å². The number of ether oxygens (including phenoxy) is 1. The molecular weight excluding hydrogens is 396 g/mol. The van der Waals surface area contributed by atoms with E-state index >= 15 is 0 Å². The zero-order chi connectivity index (χ0) is 20.0. The number of benzene rings is 1. The summed E-state index contributed by atoms with van der Waals surface area (Å²) in [6.07, 6.45) is 3.68. The summed E-state index contributed by atoms with van der Waals surface area (Å²) in [6.45, 7) is 2.42. The first kappa shape index (κ1) is 18.0. The summed E-state index contributed by atoms with van der Waals surface area (Å²) in [4.78, 5) is 21.2. The predicted octanol–water partition coefficient (Wildman–Crippen LogP) is 2.53. The van der Waals surface area contributed by atoms with Crippen LogP contribution >= 0.6 is 11.6 Å². The first-order valence-corrected chi connectivity index (χ1v) is 9.55. The predicted molar refractivity (Wildman–Crippen MR) is 103 cm³/mol. The summed E-state index contributed by atoms with van der Waals surface area (Å²) in [6, 6.07) is 7.63. The smallest absolute Gasteiger partial charge is 0.280 e. The third-order valence-electron chi connectivity index (χ3n) is 5.10. The molecule has 0 radical (unpaired) electrons. The van der Waals surface area contributed by atoms with Gasteiger partial charge >= 0.3 is 0 Å². The van der Waals surface area contributed by atoms with Crippen molar-refractivity contribution in [2.45, 2.75) is 31.9 Å². The van der Waals surface area contributed by atoms with E-state index in [1.54, 1.807) is 6.92 Å². The maximum atomic E-state index is 12.6. The van der Waals surface area contributed by atoms with Gasteiger partial charge in [-0.05, 0) is 31.0 Å². The summed E-state index contributed by atoms with van der Waals surface area (Å²) in [5.74, 6) is 0.960. The molecule has 4 heterocycles. The molecule has 0 bridgehead atoms. The van der Waals surface area contributed by atoms with Crippen molar-refractivity contribution < 1.29 is 9.26 Å². The van der Waals surface area contributed by atoms with Gasteiger partial charge in [0.25, 0.3) is 5.56 Å². The van der Waals surface area contributed by atoms with E-state index in [-0.39, 0.29) is 24.1 Å². The van der Waals surface area contributed by atoms with E-state index in [9.17, 15) is 4.79 Å². The number of rotatable bonds is 4. The molecule has 0 aliphatic carbocycles. The number of aryl methyl sites for hydroxylation is 1. The average molecular weight is 413 g/mol. The Morgan fingerprint density at radius 1 is 1.24 bits per heavy atom. The first-order valence-electron chi connectivity index (χ1n) is 9.17. The molecule has 2 atom stereocenters. The van der Waals surface area contributed by atoms with Crippen molar-refractivity contribution in [3.8, 4) is 0 Å². The van der Waals surface area contributed by atoms with E-state index in [1.165, 1.54) is 21.7 Å². The lowest BCUT2D eigenvalue weighted by Crippen LogP contribution is -2.23. The Balaban J connectivity index is 1.32. The summed E-state index contributed by atoms with van der Waals surface area (Å²) in [5.41, 5.74) is 1.92. The van der Waals surface area contributed by atoms with Crippen molar-refractivity contribution in [3.63, 3.8) is 0 Å². The van der Waals surface area contributed by atoms with Gasteiger partial charge in [-0.15, -0.1) is 0 Å². The molecule has 29 heavy (non-hydrogen) atoms. The maximum Gasteiger partial charge on any atom is 0.280 e. The second-order valence-electron chi connectivity index (χ2n) is 7.04. The molecule has 9 nitrogen and oxygen atoms in total. The molecule has 1 fully saturated rings. The topological polar surface area (TPSA) is 100 Å². The van der Waals surface area contributed by atoms with E-state index in [2.05, 4.69) is 20.2 Å². The van der Waals surface area contributed by atoms with Crippen molar-refractivity contribution in [2.75, 3.05) is 6.61 Å². The van der Waals surface area contributed by atoms with E-state index in [0.717, 1.165) is 12.0 Å². The molecule has 0 saturated carbocycles. The molecule has 0 spiro atoms. The van der Waals surface area contributed by atoms with Gasteiger partial charge in [0, 0.05) is 10.9 Å². The number of aromatic nitrogens is 6. The van der Waals surface area contributed by atoms with Gasteiger partial charge in [0.15, 0.2) is 11.3 Å². The Bertz CT molecular complexity index is 1230. The van der Waals surface area contributed by atoms with Crippen molar-refractivity contribution in [2.24, 2.45) is 0 Å². The molecule has 3 aromatic heterocycles. The first-order chi connectivity index (χ1) is 14.1. The van der Waals surface area contributed by atoms with Crippen LogP contribution in [-0.2, 0) is 11.3 Å². The highest BCUT2D eigenvalue weighted by Crippen LogP contribution is 2.37. The molecule has 4 aromatic rings. The lowest BCUT2D eigenvalue weighted by Gasteiger charge is -2.09. The molecule has 0 unspecified atom stereocenters. The molecule has 0 amide bonds. The normalized spacial score (nSPS) is 19.2. The van der Waals surface area contributed by atoms with Crippen LogP contribution in [-0.4, -0.2) is 35.9 Å². The lowest BCUT2D eigenvalue weighted by atomic mass is 10.0. The van der Waals surface area contributed by atoms with Gasteiger partial charge in [-0.1, -0.05) is 28.9 Å². The van der Waals surface area contributed by atoms with Crippen molar-refractivity contribution >= 4 is 17.1 Å². The van der Waals surface area contributed by atoms with E-state index < -0.39 is 0 Å². The highest BCUT2D eigenvalue weighted by molar-refractivity contribution is 6.30. The Morgan fingerprint density at radius 3 is 2.90 bits per heavy atom. The van der Waals surface area contributed by atoms with Crippen LogP contribution in [0, 0.1) is 6.92 Å². The molecule has 0 N–H and O–H groups in total. The van der Waals surface area contributed by atoms with Gasteiger partial charge in [0.1, 0.15) is 19.2 Å². The molecule has 148 valence electrons. The third kappa shape index (κ3) is 3.32. The Hall–Kier alpha value is -3.04. The van der Waals surface area contributed by atoms with E-state index in [1.807, 2.05) is 24.3 Å². The quantitative estimate of drug-likeness (QED) is 0.507. The minimum atomic E-state index is -0.207. The number of hydrogen-bond acceptors (Lipinski definition) is 7. The third-order valence-corrected chi connectivity index (χ3v) is 5.36. The fourth-order valence-electron chi connectivity index (χ4n) is 3.55. The zero-order valence-corrected chi connectivity index (χ0v) is 16.3. The van der Waals surface area contributed by atoms with E-state index in [0.29, 0.717) is 34.6 Å². The summed E-state index contributed by atoms with van der Waals surface area (Å²) in [5, 5.41) is 8.98. The minimum Gasteiger partial charge on any atom is -0.373 e. The van der Waals surface area contributed by atoms with Gasteiger partial charge in [0.05, 0.1) is 18.4 Å². The lowest BCUT2D eigenvalue weighted by molar-refractivity contribution is 0.110. The molecule has 1 aromatic carbocycles. The monoisotopic (exact) mass is 412 g/mol. The maximum absolute atomic E-state index is 12.6. The summed E-state index contributed by atoms with van der Waals surface area (Å²) in [7, 11) is 0. The molecule has 1 aliphatic rings. The molecule has 1 saturated heterocycles. The van der Waals surface area contributed by atoms with Gasteiger partial charge in [0.2, 0.25) is 5.89 Å². The largest absolute Gasteiger partial charge is 0.373 e. The van der Waals surface area contributed by atoms with Gasteiger partial charge in [-0.2, -0.15) is 10.1 Å². The summed E-state index contributed by atoms with van der Waals surface area (Å²) < 4.78 is 14.2. The highest BCUT2D eigenvalue weighted by Gasteiger charge is 2.31. The fraction of sp³-hybridized carbons (Fsp3) is 0.316. The number of hydrogen-bond donors (Lipinski definition) is 0. The average Bonchev–Trinajstić information content (AvgIpc) is 3.45. The molecule has 5 rings (SSSR count). The minimum absolute atomic E-state index is 0.0294. The Morgan fingerprint density at radius 2 is 2.07 bits per heavy atom. The van der Waals surface area contributed by atoms with Crippen molar-refractivity contribution in [3.05, 3.63) is 75.3 Å². The molecular formula is C19H17ClN6O3. The van der Waals surface area contributed by atoms with Crippen molar-refractivity contribution in [1.82, 2.24) is 29.3 Å². The van der Waals surface area contributed by atoms with Gasteiger partial charge in [-0.25, -0.2) is 9.50 Å². The Labute approximate surface area is 169 Å². The number of halogens is 1. The van der Waals surface area contributed by atoms with Crippen molar-refractivity contribution in [1.29, 1.82) is 0 Å². The summed E-state index contributed by atoms with van der Waals surface area (Å²) >= 11 is 5.95. The Kier molecular flexibility index (Phi) is 4.40. The second-order valence-corrected chi connectivity index (χ2v) is 7.48. The van der Waals surface area contributed by atoms with Crippen LogP contribution in [0.3, 0.4) is 0 Å². The van der Waals surface area contributed by atoms with Crippen LogP contribution in [0.1, 0.15) is 41.4 Å². The standard InChI is InChI=1S/C19H17ClN6O3/c1-11-17-19(27)25(10-22-26(17)9-21-11)7-16-23-18(24-29-16)13-6-15(28-8-13)12-2-4-14(20)5-3-12/h2-5,9-10,13,15H,6-8H2,1H3/t13-,15+/m0/s1. The van der Waals surface area contributed by atoms with Crippen LogP contribution in [0.2, 0.25) is 5.02 Å². The zero-order valence-electron chi connectivity index (χ0n) is 15.5. The van der Waals surface area contributed by atoms with Gasteiger partial charge < -0.3 is 9.26 Å². The van der Waals surface area contributed by atoms with E-state index in [4.69, 9.17) is 20.9 Å². The number of fused-ring (bicyclic) bond motifs is 1. The number of imidazole rings is 1. The second kappa shape index (κ2) is 7.09. The van der Waals surface area contributed by atoms with Crippen LogP contribution in [0.4, 0.5) is 0 Å². The highest BCUT2D eigenvalue weighted by atomic mass is 35.5. The molecule has 1 aliphatic heterocycles. The van der Waals surface area contributed by atoms with Crippen LogP contribution in [0.25, 0.3) is 5.52 Å². The van der Waals surface area contributed by atoms with Crippen LogP contribution < -0.4 is 5.56 Å². The fourth-order valence-corrected chi connectivity index (χ4v) is 3.67. The van der Waals surface area contributed by atoms with Crippen LogP contribution in [0.5, 0.6) is 0 Å². The molecule has 10 heteroatoms. The SMILES string of the molecule is Cc1ncn2ncn(Cc3nc([C@@H]4CO[C@@H](c5ccc(Cl)cc5)C4)no3)c(=O)c12. The number of nitrogens with zero attached hydrogens (tertiary/aromatic N) is 6. The van der Waals surface area contributed by atoms with Gasteiger partial charge in [-0.3, -0.25) is 9.36 Å².